The van der Waals surface area contributed by atoms with E-state index in [1.54, 1.807) is 30.3 Å². The Kier molecular flexibility index (Phi) is 6.65. The number of anilines is 1. The van der Waals surface area contributed by atoms with Crippen LogP contribution in [0.4, 0.5) is 5.69 Å². The Bertz CT molecular complexity index is 833. The molecular formula is C20H23NO6. The number of hydrogen-bond donors (Lipinski definition) is 1. The van der Waals surface area contributed by atoms with E-state index in [2.05, 4.69) is 5.32 Å². The van der Waals surface area contributed by atoms with E-state index in [0.717, 1.165) is 5.56 Å². The van der Waals surface area contributed by atoms with E-state index in [9.17, 15) is 9.59 Å². The molecule has 7 nitrogen and oxygen atoms in total. The second-order valence-corrected chi connectivity index (χ2v) is 5.81. The van der Waals surface area contributed by atoms with Gasteiger partial charge < -0.3 is 24.3 Å². The molecule has 27 heavy (non-hydrogen) atoms. The third-order valence-corrected chi connectivity index (χ3v) is 3.88. The predicted molar refractivity (Wildman–Crippen MR) is 101 cm³/mol. The lowest BCUT2D eigenvalue weighted by atomic mass is 10.1. The van der Waals surface area contributed by atoms with Crippen LogP contribution in [0.25, 0.3) is 0 Å². The number of carbonyl (C=O) groups is 2. The Morgan fingerprint density at radius 2 is 1.52 bits per heavy atom. The Labute approximate surface area is 158 Å². The van der Waals surface area contributed by atoms with Crippen LogP contribution in [-0.2, 0) is 9.53 Å². The number of benzene rings is 2. The fourth-order valence-corrected chi connectivity index (χ4v) is 2.42. The maximum Gasteiger partial charge on any atom is 0.342 e. The molecule has 0 radical (unpaired) electrons. The van der Waals surface area contributed by atoms with Crippen molar-refractivity contribution in [2.75, 3.05) is 26.6 Å². The number of methoxy groups -OCH3 is 3. The van der Waals surface area contributed by atoms with Gasteiger partial charge in [0.2, 0.25) is 0 Å². The lowest BCUT2D eigenvalue weighted by Crippen LogP contribution is -2.30. The number of esters is 1. The minimum Gasteiger partial charge on any atom is -0.496 e. The zero-order valence-electron chi connectivity index (χ0n) is 16.0. The molecule has 0 bridgehead atoms. The molecule has 2 aromatic rings. The molecule has 0 saturated carbocycles. The van der Waals surface area contributed by atoms with Crippen molar-refractivity contribution in [2.24, 2.45) is 0 Å². The van der Waals surface area contributed by atoms with Crippen LogP contribution in [0.3, 0.4) is 0 Å². The van der Waals surface area contributed by atoms with Gasteiger partial charge in [-0.1, -0.05) is 11.6 Å². The first-order chi connectivity index (χ1) is 12.9. The molecule has 0 aromatic heterocycles. The molecular weight excluding hydrogens is 350 g/mol. The van der Waals surface area contributed by atoms with Crippen LogP contribution in [0.15, 0.2) is 36.4 Å². The quantitative estimate of drug-likeness (QED) is 0.751. The molecule has 144 valence electrons. The van der Waals surface area contributed by atoms with Gasteiger partial charge in [-0.2, -0.15) is 0 Å². The Balaban J connectivity index is 2.07. The van der Waals surface area contributed by atoms with Gasteiger partial charge in [0.25, 0.3) is 5.91 Å². The van der Waals surface area contributed by atoms with Gasteiger partial charge in [0.15, 0.2) is 17.6 Å². The van der Waals surface area contributed by atoms with E-state index in [4.69, 9.17) is 18.9 Å². The number of amides is 1. The second kappa shape index (κ2) is 8.93. The van der Waals surface area contributed by atoms with E-state index in [1.807, 2.05) is 13.0 Å². The van der Waals surface area contributed by atoms with Crippen molar-refractivity contribution in [3.63, 3.8) is 0 Å². The van der Waals surface area contributed by atoms with Crippen LogP contribution in [0, 0.1) is 6.92 Å². The number of carbonyl (C=O) groups excluding carboxylic acids is 2. The van der Waals surface area contributed by atoms with Gasteiger partial charge in [-0.15, -0.1) is 0 Å². The number of rotatable bonds is 7. The smallest absolute Gasteiger partial charge is 0.342 e. The average molecular weight is 373 g/mol. The lowest BCUT2D eigenvalue weighted by Gasteiger charge is -2.16. The van der Waals surface area contributed by atoms with Gasteiger partial charge in [0.05, 0.1) is 21.3 Å². The van der Waals surface area contributed by atoms with Crippen LogP contribution in [0.2, 0.25) is 0 Å². The molecule has 0 saturated heterocycles. The SMILES string of the molecule is COc1ccc(NC(=O)[C@H](C)OC(=O)c2cc(C)ccc2OC)cc1OC. The van der Waals surface area contributed by atoms with Crippen LogP contribution in [0.5, 0.6) is 17.2 Å². The van der Waals surface area contributed by atoms with Gasteiger partial charge in [-0.25, -0.2) is 4.79 Å². The number of nitrogens with one attached hydrogen (secondary N) is 1. The molecule has 1 N–H and O–H groups in total. The maximum atomic E-state index is 12.4. The molecule has 0 fully saturated rings. The van der Waals surface area contributed by atoms with Crippen molar-refractivity contribution in [3.05, 3.63) is 47.5 Å². The van der Waals surface area contributed by atoms with Crippen molar-refractivity contribution < 1.29 is 28.5 Å². The predicted octanol–water partition coefficient (Wildman–Crippen LogP) is 3.20. The molecule has 1 amide bonds. The zero-order valence-corrected chi connectivity index (χ0v) is 16.0. The van der Waals surface area contributed by atoms with E-state index in [1.165, 1.54) is 28.3 Å². The molecule has 0 unspecified atom stereocenters. The minimum atomic E-state index is -1.00. The van der Waals surface area contributed by atoms with Gasteiger partial charge >= 0.3 is 5.97 Å². The normalized spacial score (nSPS) is 11.3. The topological polar surface area (TPSA) is 83.1 Å². The zero-order chi connectivity index (χ0) is 20.0. The molecule has 0 heterocycles. The van der Waals surface area contributed by atoms with Crippen LogP contribution < -0.4 is 19.5 Å². The number of aryl methyl sites for hydroxylation is 1. The van der Waals surface area contributed by atoms with Gasteiger partial charge in [0, 0.05) is 11.8 Å². The standard InChI is InChI=1S/C20H23NO6/c1-12-6-8-16(24-3)15(10-12)20(23)27-13(2)19(22)21-14-7-9-17(25-4)18(11-14)26-5/h6-11,13H,1-5H3,(H,21,22)/t13-/m0/s1. The second-order valence-electron chi connectivity index (χ2n) is 5.81. The number of ether oxygens (including phenoxy) is 4. The van der Waals surface area contributed by atoms with Gasteiger partial charge in [0.1, 0.15) is 11.3 Å². The third kappa shape index (κ3) is 4.91. The summed E-state index contributed by atoms with van der Waals surface area (Å²) in [6, 6.07) is 10.1. The molecule has 2 rings (SSSR count). The molecule has 2 aromatic carbocycles. The van der Waals surface area contributed by atoms with Gasteiger partial charge in [-0.3, -0.25) is 4.79 Å². The summed E-state index contributed by atoms with van der Waals surface area (Å²) in [6.07, 6.45) is -1.00. The average Bonchev–Trinajstić information content (AvgIpc) is 2.67. The van der Waals surface area contributed by atoms with Crippen molar-refractivity contribution in [2.45, 2.75) is 20.0 Å². The largest absolute Gasteiger partial charge is 0.496 e. The van der Waals surface area contributed by atoms with Crippen LogP contribution in [-0.4, -0.2) is 39.3 Å². The van der Waals surface area contributed by atoms with Crippen molar-refractivity contribution >= 4 is 17.6 Å². The molecule has 0 spiro atoms. The monoisotopic (exact) mass is 373 g/mol. The molecule has 7 heteroatoms. The highest BCUT2D eigenvalue weighted by atomic mass is 16.5. The highest BCUT2D eigenvalue weighted by Gasteiger charge is 2.22. The van der Waals surface area contributed by atoms with Crippen LogP contribution >= 0.6 is 0 Å². The molecule has 0 aliphatic rings. The van der Waals surface area contributed by atoms with Crippen molar-refractivity contribution in [3.8, 4) is 17.2 Å². The summed E-state index contributed by atoms with van der Waals surface area (Å²) in [5.74, 6) is 0.303. The van der Waals surface area contributed by atoms with E-state index >= 15 is 0 Å². The highest BCUT2D eigenvalue weighted by molar-refractivity contribution is 5.98. The van der Waals surface area contributed by atoms with Gasteiger partial charge in [-0.05, 0) is 38.1 Å². The summed E-state index contributed by atoms with van der Waals surface area (Å²) < 4.78 is 20.8. The van der Waals surface area contributed by atoms with Crippen LogP contribution in [0.1, 0.15) is 22.8 Å². The number of hydrogen-bond acceptors (Lipinski definition) is 6. The summed E-state index contributed by atoms with van der Waals surface area (Å²) >= 11 is 0. The van der Waals surface area contributed by atoms with E-state index < -0.39 is 18.0 Å². The highest BCUT2D eigenvalue weighted by Crippen LogP contribution is 2.30. The summed E-state index contributed by atoms with van der Waals surface area (Å²) in [5, 5.41) is 2.68. The fraction of sp³-hybridized carbons (Fsp3) is 0.300. The Hall–Kier alpha value is -3.22. The Morgan fingerprint density at radius 1 is 0.889 bits per heavy atom. The lowest BCUT2D eigenvalue weighted by molar-refractivity contribution is -0.123. The first kappa shape index (κ1) is 20.1. The summed E-state index contributed by atoms with van der Waals surface area (Å²) in [5.41, 5.74) is 1.64. The first-order valence-electron chi connectivity index (χ1n) is 8.28. The summed E-state index contributed by atoms with van der Waals surface area (Å²) in [6.45, 7) is 3.35. The minimum absolute atomic E-state index is 0.267. The fourth-order valence-electron chi connectivity index (χ4n) is 2.42. The third-order valence-electron chi connectivity index (χ3n) is 3.88. The Morgan fingerprint density at radius 3 is 2.15 bits per heavy atom. The van der Waals surface area contributed by atoms with E-state index in [-0.39, 0.29) is 5.56 Å². The molecule has 1 atom stereocenters. The van der Waals surface area contributed by atoms with Crippen molar-refractivity contribution in [1.82, 2.24) is 0 Å². The summed E-state index contributed by atoms with van der Waals surface area (Å²) in [4.78, 5) is 24.8. The summed E-state index contributed by atoms with van der Waals surface area (Å²) in [7, 11) is 4.49. The van der Waals surface area contributed by atoms with Crippen molar-refractivity contribution in [1.29, 1.82) is 0 Å². The first-order valence-corrected chi connectivity index (χ1v) is 8.28. The van der Waals surface area contributed by atoms with E-state index in [0.29, 0.717) is 22.9 Å². The molecule has 0 aliphatic heterocycles. The molecule has 0 aliphatic carbocycles. The maximum absolute atomic E-state index is 12.4.